The molecule has 0 aromatic carbocycles. The highest BCUT2D eigenvalue weighted by Gasteiger charge is 2.37. The normalized spacial score (nSPS) is 28.8. The van der Waals surface area contributed by atoms with Crippen LogP contribution in [0.2, 0.25) is 0 Å². The van der Waals surface area contributed by atoms with E-state index < -0.39 is 0 Å². The first kappa shape index (κ1) is 11.4. The van der Waals surface area contributed by atoms with Gasteiger partial charge in [0.05, 0.1) is 25.0 Å². The van der Waals surface area contributed by atoms with Crippen molar-refractivity contribution in [2.75, 3.05) is 13.2 Å². The summed E-state index contributed by atoms with van der Waals surface area (Å²) in [7, 11) is 0. The van der Waals surface area contributed by atoms with Crippen molar-refractivity contribution in [2.45, 2.75) is 25.8 Å². The molecule has 2 unspecified atom stereocenters. The zero-order chi connectivity index (χ0) is 12.5. The van der Waals surface area contributed by atoms with Gasteiger partial charge in [-0.1, -0.05) is 6.08 Å². The SMILES string of the molecule is CCOC(=O)N1C=CC=C2C=C3OCCC3CC21. The number of allylic oxidation sites excluding steroid dienone is 3. The Hall–Kier alpha value is -1.71. The van der Waals surface area contributed by atoms with Gasteiger partial charge in [0.15, 0.2) is 0 Å². The van der Waals surface area contributed by atoms with Gasteiger partial charge in [0.25, 0.3) is 0 Å². The molecule has 4 nitrogen and oxygen atoms in total. The van der Waals surface area contributed by atoms with Gasteiger partial charge in [0.1, 0.15) is 0 Å². The lowest BCUT2D eigenvalue weighted by molar-refractivity contribution is 0.109. The predicted molar refractivity (Wildman–Crippen MR) is 66.6 cm³/mol. The van der Waals surface area contributed by atoms with Crippen LogP contribution in [0.15, 0.2) is 35.8 Å². The topological polar surface area (TPSA) is 38.8 Å². The molecule has 4 heteroatoms. The lowest BCUT2D eigenvalue weighted by atomic mass is 9.84. The molecule has 0 spiro atoms. The highest BCUT2D eigenvalue weighted by molar-refractivity contribution is 5.71. The minimum atomic E-state index is -0.264. The van der Waals surface area contributed by atoms with Crippen LogP contribution in [0, 0.1) is 5.92 Å². The number of carbonyl (C=O) groups excluding carboxylic acids is 1. The van der Waals surface area contributed by atoms with Gasteiger partial charge in [0, 0.05) is 12.1 Å². The van der Waals surface area contributed by atoms with Crippen molar-refractivity contribution in [1.82, 2.24) is 4.90 Å². The monoisotopic (exact) mass is 247 g/mol. The first-order valence-corrected chi connectivity index (χ1v) is 6.47. The van der Waals surface area contributed by atoms with Crippen molar-refractivity contribution < 1.29 is 14.3 Å². The molecule has 1 fully saturated rings. The molecule has 0 saturated carbocycles. The molecule has 2 atom stereocenters. The van der Waals surface area contributed by atoms with Crippen molar-refractivity contribution in [1.29, 1.82) is 0 Å². The van der Waals surface area contributed by atoms with E-state index in [-0.39, 0.29) is 12.1 Å². The Kier molecular flexibility index (Phi) is 2.86. The summed E-state index contributed by atoms with van der Waals surface area (Å²) in [6.07, 6.45) is 9.54. The summed E-state index contributed by atoms with van der Waals surface area (Å²) in [5.41, 5.74) is 1.14. The number of amides is 1. The first-order valence-electron chi connectivity index (χ1n) is 6.47. The molecule has 0 N–H and O–H groups in total. The quantitative estimate of drug-likeness (QED) is 0.715. The predicted octanol–water partition coefficient (Wildman–Crippen LogP) is 2.59. The van der Waals surface area contributed by atoms with Crippen LogP contribution in [0.1, 0.15) is 19.8 Å². The molecule has 0 aromatic heterocycles. The van der Waals surface area contributed by atoms with Crippen LogP contribution >= 0.6 is 0 Å². The Balaban J connectivity index is 1.85. The number of rotatable bonds is 1. The van der Waals surface area contributed by atoms with Gasteiger partial charge in [-0.3, -0.25) is 4.90 Å². The molecule has 1 aliphatic carbocycles. The number of ether oxygens (including phenoxy) is 2. The van der Waals surface area contributed by atoms with E-state index in [2.05, 4.69) is 6.08 Å². The number of hydrogen-bond donors (Lipinski definition) is 0. The fraction of sp³-hybridized carbons (Fsp3) is 0.500. The Morgan fingerprint density at radius 1 is 1.61 bits per heavy atom. The Morgan fingerprint density at radius 2 is 2.50 bits per heavy atom. The summed E-state index contributed by atoms with van der Waals surface area (Å²) in [6.45, 7) is 3.03. The van der Waals surface area contributed by atoms with E-state index in [1.165, 1.54) is 0 Å². The third-order valence-electron chi connectivity index (χ3n) is 3.69. The van der Waals surface area contributed by atoms with E-state index in [4.69, 9.17) is 9.47 Å². The first-order chi connectivity index (χ1) is 8.79. The maximum atomic E-state index is 11.9. The van der Waals surface area contributed by atoms with Crippen LogP contribution in [0.5, 0.6) is 0 Å². The van der Waals surface area contributed by atoms with Gasteiger partial charge >= 0.3 is 6.09 Å². The fourth-order valence-electron chi connectivity index (χ4n) is 2.81. The van der Waals surface area contributed by atoms with E-state index in [0.717, 1.165) is 30.8 Å². The molecular formula is C14H17NO3. The maximum Gasteiger partial charge on any atom is 0.414 e. The number of fused-ring (bicyclic) bond motifs is 2. The average Bonchev–Trinajstić information content (AvgIpc) is 2.82. The Labute approximate surface area is 107 Å². The molecule has 0 aromatic rings. The highest BCUT2D eigenvalue weighted by atomic mass is 16.6. The maximum absolute atomic E-state index is 11.9. The van der Waals surface area contributed by atoms with Crippen molar-refractivity contribution in [3.05, 3.63) is 35.8 Å². The summed E-state index contributed by atoms with van der Waals surface area (Å²) in [5, 5.41) is 0. The van der Waals surface area contributed by atoms with Gasteiger partial charge in [-0.05, 0) is 37.5 Å². The van der Waals surface area contributed by atoms with E-state index in [1.807, 2.05) is 19.1 Å². The minimum Gasteiger partial charge on any atom is -0.498 e. The third kappa shape index (κ3) is 1.82. The van der Waals surface area contributed by atoms with Crippen molar-refractivity contribution in [3.8, 4) is 0 Å². The zero-order valence-corrected chi connectivity index (χ0v) is 10.5. The van der Waals surface area contributed by atoms with Crippen LogP contribution in [0.25, 0.3) is 0 Å². The third-order valence-corrected chi connectivity index (χ3v) is 3.69. The summed E-state index contributed by atoms with van der Waals surface area (Å²) in [4.78, 5) is 13.6. The molecule has 18 heavy (non-hydrogen) atoms. The van der Waals surface area contributed by atoms with Gasteiger partial charge in [0.2, 0.25) is 0 Å². The van der Waals surface area contributed by atoms with Crippen molar-refractivity contribution in [3.63, 3.8) is 0 Å². The molecule has 2 heterocycles. The lowest BCUT2D eigenvalue weighted by Gasteiger charge is -2.35. The zero-order valence-electron chi connectivity index (χ0n) is 10.5. The summed E-state index contributed by atoms with van der Waals surface area (Å²) >= 11 is 0. The second-order valence-corrected chi connectivity index (χ2v) is 4.75. The molecule has 1 amide bonds. The van der Waals surface area contributed by atoms with Crippen LogP contribution in [-0.4, -0.2) is 30.2 Å². The standard InChI is InChI=1S/C14H17NO3/c1-2-17-14(16)15-6-3-4-10-9-13-11(5-7-18-13)8-12(10)15/h3-4,6,9,11-12H,2,5,7-8H2,1H3. The fourth-order valence-corrected chi connectivity index (χ4v) is 2.81. The van der Waals surface area contributed by atoms with Gasteiger partial charge in [-0.15, -0.1) is 0 Å². The molecule has 0 radical (unpaired) electrons. The number of hydrogen-bond acceptors (Lipinski definition) is 3. The molecule has 96 valence electrons. The molecular weight excluding hydrogens is 230 g/mol. The number of carbonyl (C=O) groups is 1. The summed E-state index contributed by atoms with van der Waals surface area (Å²) in [6, 6.07) is 0.101. The van der Waals surface area contributed by atoms with Crippen LogP contribution in [0.3, 0.4) is 0 Å². The Bertz CT molecular complexity index is 450. The van der Waals surface area contributed by atoms with Gasteiger partial charge < -0.3 is 9.47 Å². The number of nitrogens with zero attached hydrogens (tertiary/aromatic N) is 1. The molecule has 2 aliphatic heterocycles. The van der Waals surface area contributed by atoms with Crippen LogP contribution in [0.4, 0.5) is 4.79 Å². The average molecular weight is 247 g/mol. The minimum absolute atomic E-state index is 0.101. The lowest BCUT2D eigenvalue weighted by Crippen LogP contribution is -2.41. The van der Waals surface area contributed by atoms with Crippen LogP contribution < -0.4 is 0 Å². The summed E-state index contributed by atoms with van der Waals surface area (Å²) in [5.74, 6) is 1.53. The molecule has 0 bridgehead atoms. The molecule has 1 saturated heterocycles. The van der Waals surface area contributed by atoms with Crippen molar-refractivity contribution in [2.24, 2.45) is 5.92 Å². The highest BCUT2D eigenvalue weighted by Crippen LogP contribution is 2.39. The van der Waals surface area contributed by atoms with Gasteiger partial charge in [-0.25, -0.2) is 4.79 Å². The van der Waals surface area contributed by atoms with E-state index in [0.29, 0.717) is 12.5 Å². The molecule has 3 rings (SSSR count). The molecule has 3 aliphatic rings. The van der Waals surface area contributed by atoms with Crippen molar-refractivity contribution >= 4 is 6.09 Å². The second-order valence-electron chi connectivity index (χ2n) is 4.75. The van der Waals surface area contributed by atoms with E-state index in [9.17, 15) is 4.79 Å². The summed E-state index contributed by atoms with van der Waals surface area (Å²) < 4.78 is 10.7. The largest absolute Gasteiger partial charge is 0.498 e. The van der Waals surface area contributed by atoms with Gasteiger partial charge in [-0.2, -0.15) is 0 Å². The smallest absolute Gasteiger partial charge is 0.414 e. The van der Waals surface area contributed by atoms with E-state index >= 15 is 0 Å². The van der Waals surface area contributed by atoms with Crippen LogP contribution in [-0.2, 0) is 9.47 Å². The van der Waals surface area contributed by atoms with E-state index in [1.54, 1.807) is 11.1 Å². The second kappa shape index (κ2) is 4.52. The Morgan fingerprint density at radius 3 is 3.33 bits per heavy atom.